The van der Waals surface area contributed by atoms with Crippen LogP contribution in [0.2, 0.25) is 0 Å². The number of sulfonamides is 1. The van der Waals surface area contributed by atoms with Gasteiger partial charge < -0.3 is 0 Å². The van der Waals surface area contributed by atoms with Crippen LogP contribution in [0.15, 0.2) is 46.7 Å². The highest BCUT2D eigenvalue weighted by Gasteiger charge is 2.63. The molecule has 1 atom stereocenters. The van der Waals surface area contributed by atoms with Crippen molar-refractivity contribution in [2.75, 3.05) is 0 Å². The van der Waals surface area contributed by atoms with Gasteiger partial charge in [-0.15, -0.1) is 11.3 Å². The van der Waals surface area contributed by atoms with E-state index >= 15 is 0 Å². The number of alkyl halides is 5. The Labute approximate surface area is 139 Å². The standard InChI is InChI=1S/C14H12F5NO2S2/c1-9-4-6-10(7-5-9)24(21,22)20-12(11-3-2-8-23-11)13(15,16)14(17,18)19/h2-8,12,20H,1H3. The summed E-state index contributed by atoms with van der Waals surface area (Å²) in [5.41, 5.74) is 0.712. The van der Waals surface area contributed by atoms with Crippen molar-refractivity contribution in [1.82, 2.24) is 4.72 Å². The van der Waals surface area contributed by atoms with E-state index in [9.17, 15) is 30.4 Å². The van der Waals surface area contributed by atoms with Crippen LogP contribution in [0.25, 0.3) is 0 Å². The fraction of sp³-hybridized carbons (Fsp3) is 0.286. The minimum absolute atomic E-state index is 0.396. The third-order valence-corrected chi connectivity index (χ3v) is 5.55. The van der Waals surface area contributed by atoms with E-state index in [-0.39, 0.29) is 0 Å². The summed E-state index contributed by atoms with van der Waals surface area (Å²) >= 11 is 0.605. The molecule has 0 aliphatic carbocycles. The van der Waals surface area contributed by atoms with Crippen molar-refractivity contribution in [1.29, 1.82) is 0 Å². The van der Waals surface area contributed by atoms with Crippen LogP contribution in [0, 0.1) is 6.92 Å². The number of nitrogens with one attached hydrogen (secondary N) is 1. The molecule has 0 aliphatic rings. The van der Waals surface area contributed by atoms with Crippen molar-refractivity contribution in [2.45, 2.75) is 30.0 Å². The molecule has 3 nitrogen and oxygen atoms in total. The second-order valence-electron chi connectivity index (χ2n) is 5.00. The van der Waals surface area contributed by atoms with Gasteiger partial charge in [0.1, 0.15) is 6.04 Å². The molecule has 0 radical (unpaired) electrons. The number of benzene rings is 1. The molecular weight excluding hydrogens is 373 g/mol. The largest absolute Gasteiger partial charge is 0.455 e. The van der Waals surface area contributed by atoms with Crippen LogP contribution in [-0.4, -0.2) is 20.5 Å². The second kappa shape index (κ2) is 6.41. The van der Waals surface area contributed by atoms with E-state index < -0.39 is 37.9 Å². The number of hydrogen-bond donors (Lipinski definition) is 1. The highest BCUT2D eigenvalue weighted by molar-refractivity contribution is 7.89. The first kappa shape index (κ1) is 18.8. The third-order valence-electron chi connectivity index (χ3n) is 3.17. The summed E-state index contributed by atoms with van der Waals surface area (Å²) in [6.45, 7) is 1.68. The first-order valence-electron chi connectivity index (χ1n) is 6.52. The molecule has 0 saturated heterocycles. The molecule has 1 aromatic carbocycles. The molecule has 0 fully saturated rings. The quantitative estimate of drug-likeness (QED) is 0.782. The SMILES string of the molecule is Cc1ccc(S(=O)(=O)NC(c2cccs2)C(F)(F)C(F)(F)F)cc1. The normalized spacial score (nSPS) is 14.6. The molecular formula is C14H12F5NO2S2. The van der Waals surface area contributed by atoms with Crippen molar-refractivity contribution >= 4 is 21.4 Å². The van der Waals surface area contributed by atoms with Crippen molar-refractivity contribution in [3.8, 4) is 0 Å². The summed E-state index contributed by atoms with van der Waals surface area (Å²) < 4.78 is 91.7. The van der Waals surface area contributed by atoms with Crippen molar-refractivity contribution in [2.24, 2.45) is 0 Å². The smallest absolute Gasteiger partial charge is 0.207 e. The molecule has 10 heteroatoms. The summed E-state index contributed by atoms with van der Waals surface area (Å²) in [5, 5.41) is 1.29. The minimum Gasteiger partial charge on any atom is -0.207 e. The number of halogens is 5. The lowest BCUT2D eigenvalue weighted by molar-refractivity contribution is -0.292. The summed E-state index contributed by atoms with van der Waals surface area (Å²) in [7, 11) is -4.57. The Hall–Kier alpha value is -1.52. The van der Waals surface area contributed by atoms with E-state index in [1.54, 1.807) is 6.92 Å². The molecule has 1 heterocycles. The van der Waals surface area contributed by atoms with Gasteiger partial charge in [-0.1, -0.05) is 23.8 Å². The molecule has 132 valence electrons. The third kappa shape index (κ3) is 3.76. The summed E-state index contributed by atoms with van der Waals surface area (Å²) in [6, 6.07) is 4.63. The summed E-state index contributed by atoms with van der Waals surface area (Å²) in [6.07, 6.45) is -5.91. The average molecular weight is 385 g/mol. The lowest BCUT2D eigenvalue weighted by atomic mass is 10.1. The highest BCUT2D eigenvalue weighted by atomic mass is 32.2. The Kier molecular flexibility index (Phi) is 5.03. The van der Waals surface area contributed by atoms with E-state index in [1.807, 2.05) is 0 Å². The Morgan fingerprint density at radius 3 is 2.08 bits per heavy atom. The van der Waals surface area contributed by atoms with Gasteiger partial charge in [0.2, 0.25) is 10.0 Å². The van der Waals surface area contributed by atoms with Crippen LogP contribution in [0.4, 0.5) is 22.0 Å². The van der Waals surface area contributed by atoms with Crippen molar-refractivity contribution in [3.05, 3.63) is 52.2 Å². The fourth-order valence-electron chi connectivity index (χ4n) is 1.87. The summed E-state index contributed by atoms with van der Waals surface area (Å²) in [4.78, 5) is -0.833. The zero-order valence-corrected chi connectivity index (χ0v) is 13.8. The Bertz CT molecular complexity index is 784. The zero-order valence-electron chi connectivity index (χ0n) is 12.1. The molecule has 0 bridgehead atoms. The molecule has 1 N–H and O–H groups in total. The van der Waals surface area contributed by atoms with Gasteiger partial charge in [-0.2, -0.15) is 26.7 Å². The van der Waals surface area contributed by atoms with E-state index in [0.29, 0.717) is 16.9 Å². The fourth-order valence-corrected chi connectivity index (χ4v) is 3.98. The van der Waals surface area contributed by atoms with Crippen molar-refractivity contribution < 1.29 is 30.4 Å². The van der Waals surface area contributed by atoms with Crippen LogP contribution in [-0.2, 0) is 10.0 Å². The number of thiophene rings is 1. The van der Waals surface area contributed by atoms with Crippen LogP contribution < -0.4 is 4.72 Å². The van der Waals surface area contributed by atoms with Gasteiger partial charge >= 0.3 is 12.1 Å². The minimum atomic E-state index is -5.91. The Balaban J connectivity index is 2.45. The number of aryl methyl sites for hydroxylation is 1. The summed E-state index contributed by atoms with van der Waals surface area (Å²) in [5.74, 6) is -5.27. The molecule has 0 saturated carbocycles. The van der Waals surface area contributed by atoms with Crippen LogP contribution >= 0.6 is 11.3 Å². The molecule has 0 spiro atoms. The van der Waals surface area contributed by atoms with Crippen LogP contribution in [0.5, 0.6) is 0 Å². The number of rotatable bonds is 5. The van der Waals surface area contributed by atoms with E-state index in [0.717, 1.165) is 18.2 Å². The maximum Gasteiger partial charge on any atom is 0.455 e. The maximum atomic E-state index is 13.8. The van der Waals surface area contributed by atoms with Gasteiger partial charge in [-0.25, -0.2) is 8.42 Å². The Morgan fingerprint density at radius 1 is 1.04 bits per heavy atom. The van der Waals surface area contributed by atoms with Gasteiger partial charge in [0, 0.05) is 4.88 Å². The molecule has 1 aromatic heterocycles. The van der Waals surface area contributed by atoms with Gasteiger partial charge in [-0.3, -0.25) is 0 Å². The molecule has 2 aromatic rings. The molecule has 1 unspecified atom stereocenters. The highest BCUT2D eigenvalue weighted by Crippen LogP contribution is 2.46. The van der Waals surface area contributed by atoms with E-state index in [1.165, 1.54) is 28.3 Å². The van der Waals surface area contributed by atoms with Gasteiger partial charge in [0.05, 0.1) is 4.90 Å². The first-order valence-corrected chi connectivity index (χ1v) is 8.88. The Morgan fingerprint density at radius 2 is 1.62 bits per heavy atom. The van der Waals surface area contributed by atoms with Crippen LogP contribution in [0.1, 0.15) is 16.5 Å². The van der Waals surface area contributed by atoms with Gasteiger partial charge in [0.25, 0.3) is 0 Å². The monoisotopic (exact) mass is 385 g/mol. The second-order valence-corrected chi connectivity index (χ2v) is 7.70. The molecule has 0 aliphatic heterocycles. The first-order chi connectivity index (χ1) is 10.9. The van der Waals surface area contributed by atoms with E-state index in [2.05, 4.69) is 0 Å². The van der Waals surface area contributed by atoms with Gasteiger partial charge in [-0.05, 0) is 30.5 Å². The predicted molar refractivity (Wildman–Crippen MR) is 79.6 cm³/mol. The molecule has 0 amide bonds. The predicted octanol–water partition coefficient (Wildman–Crippen LogP) is 4.27. The molecule has 24 heavy (non-hydrogen) atoms. The zero-order chi connectivity index (χ0) is 18.2. The number of hydrogen-bond acceptors (Lipinski definition) is 3. The average Bonchev–Trinajstić information content (AvgIpc) is 2.97. The topological polar surface area (TPSA) is 46.2 Å². The van der Waals surface area contributed by atoms with Gasteiger partial charge in [0.15, 0.2) is 0 Å². The van der Waals surface area contributed by atoms with Crippen LogP contribution in [0.3, 0.4) is 0 Å². The van der Waals surface area contributed by atoms with E-state index in [4.69, 9.17) is 0 Å². The maximum absolute atomic E-state index is 13.8. The molecule has 2 rings (SSSR count). The lowest BCUT2D eigenvalue weighted by Crippen LogP contribution is -2.49. The van der Waals surface area contributed by atoms with Crippen molar-refractivity contribution in [3.63, 3.8) is 0 Å². The lowest BCUT2D eigenvalue weighted by Gasteiger charge is -2.28.